The van der Waals surface area contributed by atoms with E-state index in [2.05, 4.69) is 0 Å². The summed E-state index contributed by atoms with van der Waals surface area (Å²) in [5.41, 5.74) is 5.91. The van der Waals surface area contributed by atoms with Crippen LogP contribution in [0.15, 0.2) is 29.2 Å². The number of benzene rings is 1. The minimum Gasteiger partial charge on any atom is -0.496 e. The van der Waals surface area contributed by atoms with Crippen molar-refractivity contribution in [1.29, 1.82) is 0 Å². The maximum Gasteiger partial charge on any atom is 0.259 e. The first kappa shape index (κ1) is 13.1. The van der Waals surface area contributed by atoms with Gasteiger partial charge in [0.2, 0.25) is 5.91 Å². The van der Waals surface area contributed by atoms with Crippen molar-refractivity contribution in [3.63, 3.8) is 0 Å². The van der Waals surface area contributed by atoms with E-state index >= 15 is 0 Å². The number of amides is 1. The number of ether oxygens (including phenoxy) is 1. The average molecular weight is 260 g/mol. The van der Waals surface area contributed by atoms with Gasteiger partial charge >= 0.3 is 0 Å². The molecule has 0 unspecified atom stereocenters. The molecule has 0 saturated heterocycles. The normalized spacial score (nSPS) is 12.4. The Morgan fingerprint density at radius 1 is 1.32 bits per heavy atom. The van der Waals surface area contributed by atoms with Gasteiger partial charge in [-0.25, -0.2) is 0 Å². The summed E-state index contributed by atoms with van der Waals surface area (Å²) in [5.74, 6) is 0.194. The third-order valence-electron chi connectivity index (χ3n) is 3.38. The second-order valence-corrected chi connectivity index (χ2v) is 4.46. The van der Waals surface area contributed by atoms with Gasteiger partial charge in [0.05, 0.1) is 7.11 Å². The molecule has 1 heterocycles. The molecule has 1 amide bonds. The van der Waals surface area contributed by atoms with E-state index in [4.69, 9.17) is 10.5 Å². The molecule has 0 aliphatic rings. The van der Waals surface area contributed by atoms with Crippen molar-refractivity contribution >= 4 is 16.7 Å². The topological polar surface area (TPSA) is 74.3 Å². The van der Waals surface area contributed by atoms with Crippen molar-refractivity contribution in [3.05, 3.63) is 40.3 Å². The number of nitrogens with zero attached hydrogens (tertiary/aromatic N) is 1. The molecule has 100 valence electrons. The number of carbonyl (C=O) groups excluding carboxylic acids is 1. The van der Waals surface area contributed by atoms with E-state index in [0.717, 1.165) is 16.7 Å². The van der Waals surface area contributed by atoms with Crippen molar-refractivity contribution in [3.8, 4) is 5.75 Å². The fourth-order valence-electron chi connectivity index (χ4n) is 2.13. The molecule has 5 nitrogen and oxygen atoms in total. The van der Waals surface area contributed by atoms with Crippen molar-refractivity contribution in [2.24, 2.45) is 5.73 Å². The molecule has 1 atom stereocenters. The number of pyridine rings is 1. The van der Waals surface area contributed by atoms with Crippen LogP contribution < -0.4 is 16.0 Å². The maximum absolute atomic E-state index is 12.3. The predicted molar refractivity (Wildman–Crippen MR) is 73.4 cm³/mol. The molecule has 1 aromatic heterocycles. The molecule has 2 rings (SSSR count). The summed E-state index contributed by atoms with van der Waals surface area (Å²) in [5, 5.41) is 1.37. The van der Waals surface area contributed by atoms with Crippen LogP contribution in [0.5, 0.6) is 5.75 Å². The summed E-state index contributed by atoms with van der Waals surface area (Å²) in [6.45, 7) is 3.49. The third-order valence-corrected chi connectivity index (χ3v) is 3.38. The highest BCUT2D eigenvalue weighted by Crippen LogP contribution is 2.25. The first-order chi connectivity index (χ1) is 8.97. The van der Waals surface area contributed by atoms with E-state index < -0.39 is 11.9 Å². The van der Waals surface area contributed by atoms with Gasteiger partial charge in [-0.1, -0.05) is 0 Å². The second-order valence-electron chi connectivity index (χ2n) is 4.46. The predicted octanol–water partition coefficient (Wildman–Crippen LogP) is 1.36. The van der Waals surface area contributed by atoms with Gasteiger partial charge in [0, 0.05) is 11.6 Å². The van der Waals surface area contributed by atoms with Crippen LogP contribution in [0.3, 0.4) is 0 Å². The second kappa shape index (κ2) is 4.76. The van der Waals surface area contributed by atoms with Crippen molar-refractivity contribution in [2.45, 2.75) is 19.9 Å². The molecule has 0 fully saturated rings. The summed E-state index contributed by atoms with van der Waals surface area (Å²) in [4.78, 5) is 23.5. The SMILES string of the molecule is COc1ccc2c(=O)n([C@H](C)C(N)=O)ccc2c1C. The van der Waals surface area contributed by atoms with E-state index in [1.165, 1.54) is 4.57 Å². The molecule has 0 radical (unpaired) electrons. The van der Waals surface area contributed by atoms with E-state index in [0.29, 0.717) is 5.39 Å². The number of rotatable bonds is 3. The minimum atomic E-state index is -0.667. The summed E-state index contributed by atoms with van der Waals surface area (Å²) < 4.78 is 6.57. The number of carbonyl (C=O) groups is 1. The standard InChI is InChI=1S/C14H16N2O3/c1-8-10-6-7-16(9(2)13(15)17)14(18)11(10)4-5-12(8)19-3/h4-7,9H,1-3H3,(H2,15,17)/t9-/m1/s1. The molecule has 0 spiro atoms. The van der Waals surface area contributed by atoms with Crippen molar-refractivity contribution < 1.29 is 9.53 Å². The molecule has 2 aromatic rings. The number of primary amides is 1. The van der Waals surface area contributed by atoms with Gasteiger partial charge < -0.3 is 15.0 Å². The number of aryl methyl sites for hydroxylation is 1. The van der Waals surface area contributed by atoms with E-state index in [1.807, 2.05) is 6.92 Å². The first-order valence-electron chi connectivity index (χ1n) is 5.95. The van der Waals surface area contributed by atoms with Crippen LogP contribution in [-0.2, 0) is 4.79 Å². The monoisotopic (exact) mass is 260 g/mol. The minimum absolute atomic E-state index is 0.227. The van der Waals surface area contributed by atoms with Crippen LogP contribution in [0, 0.1) is 6.92 Å². The third kappa shape index (κ3) is 2.07. The summed E-state index contributed by atoms with van der Waals surface area (Å²) in [7, 11) is 1.59. The summed E-state index contributed by atoms with van der Waals surface area (Å²) in [6.07, 6.45) is 1.59. The zero-order valence-electron chi connectivity index (χ0n) is 11.1. The average Bonchev–Trinajstić information content (AvgIpc) is 2.39. The largest absolute Gasteiger partial charge is 0.496 e. The molecule has 5 heteroatoms. The van der Waals surface area contributed by atoms with Crippen molar-refractivity contribution in [1.82, 2.24) is 4.57 Å². The lowest BCUT2D eigenvalue weighted by atomic mass is 10.1. The van der Waals surface area contributed by atoms with E-state index in [-0.39, 0.29) is 5.56 Å². The van der Waals surface area contributed by atoms with Gasteiger partial charge in [0.1, 0.15) is 11.8 Å². The fourth-order valence-corrected chi connectivity index (χ4v) is 2.13. The number of methoxy groups -OCH3 is 1. The summed E-state index contributed by atoms with van der Waals surface area (Å²) in [6, 6.07) is 4.58. The fraction of sp³-hybridized carbons (Fsp3) is 0.286. The molecule has 0 aliphatic carbocycles. The molecular weight excluding hydrogens is 244 g/mol. The highest BCUT2D eigenvalue weighted by atomic mass is 16.5. The number of aromatic nitrogens is 1. The van der Waals surface area contributed by atoms with Crippen LogP contribution in [-0.4, -0.2) is 17.6 Å². The van der Waals surface area contributed by atoms with Gasteiger partial charge in [-0.05, 0) is 43.0 Å². The zero-order chi connectivity index (χ0) is 14.2. The van der Waals surface area contributed by atoms with Crippen LogP contribution in [0.4, 0.5) is 0 Å². The van der Waals surface area contributed by atoms with Gasteiger partial charge in [0.15, 0.2) is 0 Å². The molecule has 0 bridgehead atoms. The molecule has 1 aromatic carbocycles. The first-order valence-corrected chi connectivity index (χ1v) is 5.95. The van der Waals surface area contributed by atoms with Crippen LogP contribution in [0.25, 0.3) is 10.8 Å². The van der Waals surface area contributed by atoms with Gasteiger partial charge in [-0.2, -0.15) is 0 Å². The Balaban J connectivity index is 2.74. The number of hydrogen-bond donors (Lipinski definition) is 1. The molecule has 19 heavy (non-hydrogen) atoms. The summed E-state index contributed by atoms with van der Waals surface area (Å²) >= 11 is 0. The molecule has 0 aliphatic heterocycles. The lowest BCUT2D eigenvalue weighted by Crippen LogP contribution is -2.31. The van der Waals surface area contributed by atoms with Crippen molar-refractivity contribution in [2.75, 3.05) is 7.11 Å². The molecule has 2 N–H and O–H groups in total. The lowest BCUT2D eigenvalue weighted by molar-refractivity contribution is -0.120. The number of nitrogens with two attached hydrogens (primary N) is 1. The van der Waals surface area contributed by atoms with E-state index in [1.54, 1.807) is 38.4 Å². The Bertz CT molecular complexity index is 704. The molecular formula is C14H16N2O3. The van der Waals surface area contributed by atoms with Gasteiger partial charge in [0.25, 0.3) is 5.56 Å². The number of fused-ring (bicyclic) bond motifs is 1. The van der Waals surface area contributed by atoms with Crippen LogP contribution in [0.2, 0.25) is 0 Å². The van der Waals surface area contributed by atoms with E-state index in [9.17, 15) is 9.59 Å². The van der Waals surface area contributed by atoms with Crippen LogP contribution >= 0.6 is 0 Å². The lowest BCUT2D eigenvalue weighted by Gasteiger charge is -2.14. The Labute approximate surface area is 110 Å². The highest BCUT2D eigenvalue weighted by Gasteiger charge is 2.15. The smallest absolute Gasteiger partial charge is 0.259 e. The van der Waals surface area contributed by atoms with Gasteiger partial charge in [-0.3, -0.25) is 9.59 Å². The van der Waals surface area contributed by atoms with Crippen LogP contribution in [0.1, 0.15) is 18.5 Å². The maximum atomic E-state index is 12.3. The Morgan fingerprint density at radius 2 is 2.00 bits per heavy atom. The highest BCUT2D eigenvalue weighted by molar-refractivity contribution is 5.87. The number of hydrogen-bond acceptors (Lipinski definition) is 3. The Kier molecular flexibility index (Phi) is 3.29. The molecule has 0 saturated carbocycles. The Hall–Kier alpha value is -2.30. The Morgan fingerprint density at radius 3 is 2.58 bits per heavy atom. The zero-order valence-corrected chi connectivity index (χ0v) is 11.1. The quantitative estimate of drug-likeness (QED) is 0.905. The van der Waals surface area contributed by atoms with Gasteiger partial charge in [-0.15, -0.1) is 0 Å².